The van der Waals surface area contributed by atoms with E-state index in [1.54, 1.807) is 0 Å². The van der Waals surface area contributed by atoms with E-state index in [4.69, 9.17) is 19.7 Å². The summed E-state index contributed by atoms with van der Waals surface area (Å²) in [6.07, 6.45) is -11.6. The summed E-state index contributed by atoms with van der Waals surface area (Å²) < 4.78 is 30.0. The number of hydrogen-bond acceptors (Lipinski definition) is 14. The quantitative estimate of drug-likeness (QED) is 0.125. The standard InChI is InChI=1S/C19H24N7O12P/c20-15-9-16(22-4-21-15)26(5-23-9)18-12(30)10(28)6(36-18)3-7(38-39(33,34)35)14-11(29)13(31)17(37-14)25-2-1-8(27)24-19(25)32/h1-2,4-7,10-14,17-18,28-31H,3H2,(H2,20,21,22)(H,24,27,32)(H2,33,34,35)/t6-,7-,10-,11+,12-,13-,14?,17-,18-/m1/s1. The number of aromatic amines is 1. The van der Waals surface area contributed by atoms with E-state index in [0.29, 0.717) is 0 Å². The molecule has 0 amide bonds. The van der Waals surface area contributed by atoms with Crippen LogP contribution in [-0.4, -0.2) is 102 Å². The molecule has 212 valence electrons. The average molecular weight is 573 g/mol. The highest BCUT2D eigenvalue weighted by Crippen LogP contribution is 2.44. The minimum Gasteiger partial charge on any atom is -0.388 e. The lowest BCUT2D eigenvalue weighted by Gasteiger charge is -2.28. The number of ether oxygens (including phenoxy) is 2. The molecule has 0 saturated carbocycles. The first-order chi connectivity index (χ1) is 18.4. The summed E-state index contributed by atoms with van der Waals surface area (Å²) in [6, 6.07) is 0.962. The number of phosphoric ester groups is 1. The monoisotopic (exact) mass is 573 g/mol. The van der Waals surface area contributed by atoms with Crippen molar-refractivity contribution >= 4 is 24.8 Å². The molecule has 19 nitrogen and oxygen atoms in total. The number of phosphoric acid groups is 1. The van der Waals surface area contributed by atoms with Gasteiger partial charge in [-0.1, -0.05) is 0 Å². The lowest BCUT2D eigenvalue weighted by Crippen LogP contribution is -2.43. The number of hydrogen-bond donors (Lipinski definition) is 8. The number of rotatable bonds is 7. The smallest absolute Gasteiger partial charge is 0.388 e. The maximum absolute atomic E-state index is 12.2. The molecular weight excluding hydrogens is 549 g/mol. The molecule has 0 aliphatic carbocycles. The molecule has 1 unspecified atom stereocenters. The van der Waals surface area contributed by atoms with Crippen LogP contribution in [0.1, 0.15) is 18.9 Å². The highest BCUT2D eigenvalue weighted by atomic mass is 31.2. The minimum atomic E-state index is -5.26. The molecule has 5 heterocycles. The average Bonchev–Trinajstić information content (AvgIpc) is 3.49. The fourth-order valence-electron chi connectivity index (χ4n) is 4.70. The molecule has 2 aliphatic rings. The van der Waals surface area contributed by atoms with Gasteiger partial charge in [0.25, 0.3) is 5.56 Å². The van der Waals surface area contributed by atoms with Crippen molar-refractivity contribution in [3.8, 4) is 0 Å². The van der Waals surface area contributed by atoms with Gasteiger partial charge in [-0.25, -0.2) is 24.3 Å². The second-order valence-corrected chi connectivity index (χ2v) is 10.2. The Labute approximate surface area is 216 Å². The number of aliphatic hydroxyl groups excluding tert-OH is 4. The van der Waals surface area contributed by atoms with Crippen LogP contribution in [0, 0.1) is 0 Å². The van der Waals surface area contributed by atoms with E-state index >= 15 is 0 Å². The highest BCUT2D eigenvalue weighted by molar-refractivity contribution is 7.46. The molecule has 39 heavy (non-hydrogen) atoms. The van der Waals surface area contributed by atoms with E-state index in [0.717, 1.165) is 23.2 Å². The van der Waals surface area contributed by atoms with Crippen molar-refractivity contribution in [2.45, 2.75) is 61.6 Å². The van der Waals surface area contributed by atoms with Gasteiger partial charge in [0.15, 0.2) is 23.9 Å². The number of aliphatic hydroxyl groups is 4. The molecular formula is C19H24N7O12P. The molecule has 2 aliphatic heterocycles. The van der Waals surface area contributed by atoms with Crippen molar-refractivity contribution in [3.63, 3.8) is 0 Å². The lowest BCUT2D eigenvalue weighted by atomic mass is 9.98. The van der Waals surface area contributed by atoms with E-state index in [9.17, 15) is 44.4 Å². The number of nitrogens with zero attached hydrogens (tertiary/aromatic N) is 5. The van der Waals surface area contributed by atoms with Crippen LogP contribution in [-0.2, 0) is 18.6 Å². The van der Waals surface area contributed by atoms with Gasteiger partial charge in [0, 0.05) is 18.7 Å². The molecule has 3 aromatic heterocycles. The number of nitrogens with one attached hydrogen (secondary N) is 1. The van der Waals surface area contributed by atoms with Crippen LogP contribution in [0.15, 0.2) is 34.5 Å². The third-order valence-corrected chi connectivity index (χ3v) is 7.05. The molecule has 9 atom stereocenters. The van der Waals surface area contributed by atoms with Gasteiger partial charge in [-0.15, -0.1) is 0 Å². The van der Waals surface area contributed by atoms with Gasteiger partial charge in [-0.05, 0) is 0 Å². The van der Waals surface area contributed by atoms with Crippen molar-refractivity contribution in [3.05, 3.63) is 45.8 Å². The minimum absolute atomic E-state index is 0.0560. The van der Waals surface area contributed by atoms with Crippen LogP contribution in [0.4, 0.5) is 5.82 Å². The van der Waals surface area contributed by atoms with Crippen LogP contribution in [0.25, 0.3) is 11.2 Å². The lowest BCUT2D eigenvalue weighted by molar-refractivity contribution is -0.107. The van der Waals surface area contributed by atoms with Gasteiger partial charge >= 0.3 is 13.5 Å². The summed E-state index contributed by atoms with van der Waals surface area (Å²) in [5, 5.41) is 42.6. The van der Waals surface area contributed by atoms with Crippen molar-refractivity contribution in [2.24, 2.45) is 0 Å². The number of H-pyrrole nitrogens is 1. The van der Waals surface area contributed by atoms with Gasteiger partial charge < -0.3 is 45.4 Å². The Morgan fingerprint density at radius 3 is 2.41 bits per heavy atom. The number of fused-ring (bicyclic) bond motifs is 1. The van der Waals surface area contributed by atoms with E-state index in [2.05, 4.69) is 15.0 Å². The Kier molecular flexibility index (Phi) is 7.14. The second-order valence-electron chi connectivity index (χ2n) is 8.99. The van der Waals surface area contributed by atoms with Crippen molar-refractivity contribution < 1.29 is 48.8 Å². The van der Waals surface area contributed by atoms with Crippen LogP contribution in [0.5, 0.6) is 0 Å². The van der Waals surface area contributed by atoms with E-state index in [-0.39, 0.29) is 17.0 Å². The van der Waals surface area contributed by atoms with Crippen molar-refractivity contribution in [1.82, 2.24) is 29.1 Å². The largest absolute Gasteiger partial charge is 0.469 e. The zero-order chi connectivity index (χ0) is 28.2. The summed E-state index contributed by atoms with van der Waals surface area (Å²) in [5.41, 5.74) is 4.44. The molecule has 0 spiro atoms. The Bertz CT molecular complexity index is 1520. The Hall–Kier alpha value is -3.10. The fraction of sp³-hybridized carbons (Fsp3) is 0.526. The molecule has 0 aromatic carbocycles. The third kappa shape index (κ3) is 5.12. The molecule has 0 bridgehead atoms. The molecule has 3 aromatic rings. The van der Waals surface area contributed by atoms with E-state index < -0.39 is 80.7 Å². The highest BCUT2D eigenvalue weighted by Gasteiger charge is 2.52. The summed E-state index contributed by atoms with van der Waals surface area (Å²) in [5.74, 6) is 0.0560. The SMILES string of the molecule is Nc1ncnc2c1ncn2[C@@H]1O[C@H](C[C@@H](OP(=O)(O)O)C2O[C@@H](n3ccc(=O)[nH]c3=O)[C@H](O)[C@@H]2O)[C@@H](O)[C@H]1O. The summed E-state index contributed by atoms with van der Waals surface area (Å²) >= 11 is 0. The number of aromatic nitrogens is 6. The molecule has 2 fully saturated rings. The van der Waals surface area contributed by atoms with Crippen molar-refractivity contribution in [2.75, 3.05) is 5.73 Å². The first kappa shape index (κ1) is 27.5. The van der Waals surface area contributed by atoms with Gasteiger partial charge in [0.05, 0.1) is 12.4 Å². The van der Waals surface area contributed by atoms with Crippen LogP contribution in [0.2, 0.25) is 0 Å². The number of anilines is 1. The predicted octanol–water partition coefficient (Wildman–Crippen LogP) is -3.93. The Balaban J connectivity index is 1.41. The molecule has 20 heteroatoms. The second kappa shape index (κ2) is 10.1. The predicted molar refractivity (Wildman–Crippen MR) is 124 cm³/mol. The third-order valence-electron chi connectivity index (χ3n) is 6.50. The first-order valence-electron chi connectivity index (χ1n) is 11.4. The fourth-order valence-corrected chi connectivity index (χ4v) is 5.26. The zero-order valence-electron chi connectivity index (χ0n) is 19.6. The summed E-state index contributed by atoms with van der Waals surface area (Å²) in [6.45, 7) is 0. The van der Waals surface area contributed by atoms with Gasteiger partial charge in [-0.3, -0.25) is 23.4 Å². The van der Waals surface area contributed by atoms with Gasteiger partial charge in [0.2, 0.25) is 0 Å². The normalized spacial score (nSPS) is 32.2. The first-order valence-corrected chi connectivity index (χ1v) is 12.9. The van der Waals surface area contributed by atoms with Gasteiger partial charge in [0.1, 0.15) is 48.5 Å². The van der Waals surface area contributed by atoms with E-state index in [1.165, 1.54) is 10.9 Å². The molecule has 2 saturated heterocycles. The zero-order valence-corrected chi connectivity index (χ0v) is 20.5. The maximum Gasteiger partial charge on any atom is 0.469 e. The van der Waals surface area contributed by atoms with Crippen molar-refractivity contribution in [1.29, 1.82) is 0 Å². The molecule has 5 rings (SSSR count). The Morgan fingerprint density at radius 2 is 1.72 bits per heavy atom. The molecule has 9 N–H and O–H groups in total. The van der Waals surface area contributed by atoms with E-state index in [1.807, 2.05) is 4.98 Å². The number of imidazole rings is 1. The maximum atomic E-state index is 12.2. The van der Waals surface area contributed by atoms with Crippen LogP contribution < -0.4 is 17.0 Å². The number of nitrogen functional groups attached to an aromatic ring is 1. The van der Waals surface area contributed by atoms with Crippen LogP contribution >= 0.6 is 7.82 Å². The number of nitrogens with two attached hydrogens (primary N) is 1. The van der Waals surface area contributed by atoms with Crippen LogP contribution in [0.3, 0.4) is 0 Å². The van der Waals surface area contributed by atoms with Gasteiger partial charge in [-0.2, -0.15) is 0 Å². The summed E-state index contributed by atoms with van der Waals surface area (Å²) in [7, 11) is -5.26. The molecule has 0 radical (unpaired) electrons. The summed E-state index contributed by atoms with van der Waals surface area (Å²) in [4.78, 5) is 56.4. The Morgan fingerprint density at radius 1 is 1.03 bits per heavy atom. The topological polar surface area (TPSA) is 291 Å².